The van der Waals surface area contributed by atoms with Gasteiger partial charge < -0.3 is 15.2 Å². The summed E-state index contributed by atoms with van der Waals surface area (Å²) >= 11 is 0. The van der Waals surface area contributed by atoms with E-state index < -0.39 is 23.4 Å². The number of amides is 1. The molecular weight excluding hydrogens is 409 g/mol. The molecule has 0 saturated heterocycles. The molecule has 2 N–H and O–H groups in total. The van der Waals surface area contributed by atoms with E-state index in [1.54, 1.807) is 0 Å². The number of ether oxygens (including phenoxy) is 1. The quantitative estimate of drug-likeness (QED) is 0.451. The van der Waals surface area contributed by atoms with E-state index in [1.165, 1.54) is 18.2 Å². The number of carboxylic acids is 1. The first-order valence-corrected chi connectivity index (χ1v) is 10.2. The van der Waals surface area contributed by atoms with Crippen molar-refractivity contribution in [2.24, 2.45) is 0 Å². The van der Waals surface area contributed by atoms with Crippen LogP contribution in [0.25, 0.3) is 11.1 Å². The number of hydrogen-bond acceptors (Lipinski definition) is 3. The molecule has 0 fully saturated rings. The zero-order chi connectivity index (χ0) is 22.5. The minimum absolute atomic E-state index is 0.00559. The monoisotopic (exact) mass is 429 g/mol. The summed E-state index contributed by atoms with van der Waals surface area (Å²) in [5, 5.41) is 11.6. The van der Waals surface area contributed by atoms with Gasteiger partial charge in [-0.05, 0) is 34.4 Å². The van der Waals surface area contributed by atoms with Gasteiger partial charge in [0.1, 0.15) is 6.61 Å². The van der Waals surface area contributed by atoms with Crippen molar-refractivity contribution in [3.05, 3.63) is 94.8 Å². The van der Waals surface area contributed by atoms with Crippen LogP contribution >= 0.6 is 0 Å². The van der Waals surface area contributed by atoms with Crippen molar-refractivity contribution in [3.63, 3.8) is 0 Å². The number of carboxylic acid groups (broad SMARTS) is 1. The fourth-order valence-electron chi connectivity index (χ4n) is 3.83. The van der Waals surface area contributed by atoms with E-state index in [2.05, 4.69) is 41.4 Å². The van der Waals surface area contributed by atoms with Crippen molar-refractivity contribution >= 4 is 12.1 Å². The molecule has 0 aromatic heterocycles. The molecule has 4 rings (SSSR count). The highest BCUT2D eigenvalue weighted by Gasteiger charge is 2.28. The molecule has 32 heavy (non-hydrogen) atoms. The summed E-state index contributed by atoms with van der Waals surface area (Å²) < 4.78 is 19.5. The summed E-state index contributed by atoms with van der Waals surface area (Å²) in [5.41, 5.74) is 4.17. The smallest absolute Gasteiger partial charge is 0.407 e. The third kappa shape index (κ3) is 4.33. The number of halogens is 1. The molecule has 1 amide bonds. The highest BCUT2D eigenvalue weighted by atomic mass is 19.1. The van der Waals surface area contributed by atoms with Crippen LogP contribution in [-0.2, 0) is 4.74 Å². The molecule has 5 nitrogen and oxygen atoms in total. The minimum Gasteiger partial charge on any atom is -0.478 e. The summed E-state index contributed by atoms with van der Waals surface area (Å²) in [6.45, 7) is 0.447. The van der Waals surface area contributed by atoms with E-state index in [4.69, 9.17) is 9.84 Å². The Labute approximate surface area is 184 Å². The first kappa shape index (κ1) is 21.1. The molecule has 1 aliphatic rings. The van der Waals surface area contributed by atoms with Crippen molar-refractivity contribution < 1.29 is 23.8 Å². The number of rotatable bonds is 5. The standard InChI is InChI=1S/C26H20FNO4/c27-24-17(9-7-14-22(24)25(29)30)8-5-6-15-28-26(31)32-16-23-20-12-3-1-10-18(20)19-11-2-4-13-21(19)23/h1-4,7,9-14,23H,6,15-16H2,(H,28,31)(H,29,30). The molecule has 0 radical (unpaired) electrons. The predicted molar refractivity (Wildman–Crippen MR) is 118 cm³/mol. The van der Waals surface area contributed by atoms with Crippen LogP contribution in [0, 0.1) is 17.7 Å². The van der Waals surface area contributed by atoms with Crippen molar-refractivity contribution in [1.29, 1.82) is 0 Å². The van der Waals surface area contributed by atoms with Crippen LogP contribution < -0.4 is 5.32 Å². The second-order valence-electron chi connectivity index (χ2n) is 7.28. The molecule has 0 heterocycles. The van der Waals surface area contributed by atoms with E-state index in [0.717, 1.165) is 22.3 Å². The number of hydrogen-bond donors (Lipinski definition) is 2. The number of fused-ring (bicyclic) bond motifs is 3. The van der Waals surface area contributed by atoms with Gasteiger partial charge in [0.25, 0.3) is 0 Å². The fraction of sp³-hybridized carbons (Fsp3) is 0.154. The Morgan fingerprint density at radius 3 is 2.28 bits per heavy atom. The van der Waals surface area contributed by atoms with Crippen molar-refractivity contribution in [1.82, 2.24) is 5.32 Å². The maximum atomic E-state index is 14.0. The summed E-state index contributed by atoms with van der Waals surface area (Å²) in [6.07, 6.45) is -0.284. The Bertz CT molecular complexity index is 1200. The summed E-state index contributed by atoms with van der Waals surface area (Å²) in [5.74, 6) is 3.11. The van der Waals surface area contributed by atoms with Gasteiger partial charge in [0, 0.05) is 18.9 Å². The van der Waals surface area contributed by atoms with Crippen LogP contribution in [-0.4, -0.2) is 30.3 Å². The maximum Gasteiger partial charge on any atom is 0.407 e. The van der Waals surface area contributed by atoms with Gasteiger partial charge in [0.2, 0.25) is 0 Å². The molecule has 6 heteroatoms. The zero-order valence-electron chi connectivity index (χ0n) is 17.1. The number of nitrogens with one attached hydrogen (secondary N) is 1. The molecule has 3 aromatic carbocycles. The molecule has 0 unspecified atom stereocenters. The van der Waals surface area contributed by atoms with Crippen LogP contribution in [0.3, 0.4) is 0 Å². The molecule has 0 atom stereocenters. The van der Waals surface area contributed by atoms with Gasteiger partial charge >= 0.3 is 12.1 Å². The van der Waals surface area contributed by atoms with Gasteiger partial charge in [-0.2, -0.15) is 0 Å². The Kier molecular flexibility index (Phi) is 6.18. The van der Waals surface area contributed by atoms with Gasteiger partial charge in [-0.25, -0.2) is 14.0 Å². The summed E-state index contributed by atoms with van der Waals surface area (Å²) in [7, 11) is 0. The first-order valence-electron chi connectivity index (χ1n) is 10.2. The summed E-state index contributed by atoms with van der Waals surface area (Å²) in [6, 6.07) is 20.2. The highest BCUT2D eigenvalue weighted by molar-refractivity contribution is 5.88. The molecule has 0 aliphatic heterocycles. The van der Waals surface area contributed by atoms with Crippen LogP contribution in [0.2, 0.25) is 0 Å². The van der Waals surface area contributed by atoms with E-state index in [-0.39, 0.29) is 31.1 Å². The number of benzene rings is 3. The van der Waals surface area contributed by atoms with E-state index >= 15 is 0 Å². The second-order valence-corrected chi connectivity index (χ2v) is 7.28. The Morgan fingerprint density at radius 2 is 1.62 bits per heavy atom. The van der Waals surface area contributed by atoms with Crippen LogP contribution in [0.1, 0.15) is 39.4 Å². The fourth-order valence-corrected chi connectivity index (χ4v) is 3.83. The van der Waals surface area contributed by atoms with E-state index in [9.17, 15) is 14.0 Å². The number of aromatic carboxylic acids is 1. The molecular formula is C26H20FNO4. The lowest BCUT2D eigenvalue weighted by atomic mass is 9.98. The second kappa shape index (κ2) is 9.36. The first-order chi connectivity index (χ1) is 15.6. The number of alkyl carbamates (subject to hydrolysis) is 1. The normalized spacial score (nSPS) is 11.7. The predicted octanol–water partition coefficient (Wildman–Crippen LogP) is 4.80. The Hall–Kier alpha value is -4.11. The van der Waals surface area contributed by atoms with Crippen LogP contribution in [0.15, 0.2) is 66.7 Å². The van der Waals surface area contributed by atoms with Gasteiger partial charge in [0.15, 0.2) is 5.82 Å². The topological polar surface area (TPSA) is 75.6 Å². The molecule has 3 aromatic rings. The molecule has 0 saturated carbocycles. The van der Waals surface area contributed by atoms with Gasteiger partial charge in [-0.3, -0.25) is 0 Å². The summed E-state index contributed by atoms with van der Waals surface area (Å²) in [4.78, 5) is 23.1. The zero-order valence-corrected chi connectivity index (χ0v) is 17.1. The molecule has 1 aliphatic carbocycles. The Balaban J connectivity index is 1.30. The lowest BCUT2D eigenvalue weighted by molar-refractivity contribution is 0.0691. The van der Waals surface area contributed by atoms with Crippen LogP contribution in [0.5, 0.6) is 0 Å². The highest BCUT2D eigenvalue weighted by Crippen LogP contribution is 2.44. The lowest BCUT2D eigenvalue weighted by Crippen LogP contribution is -2.26. The average molecular weight is 429 g/mol. The average Bonchev–Trinajstić information content (AvgIpc) is 3.12. The maximum absolute atomic E-state index is 14.0. The molecule has 0 bridgehead atoms. The number of carbonyl (C=O) groups is 2. The molecule has 0 spiro atoms. The largest absolute Gasteiger partial charge is 0.478 e. The Morgan fingerprint density at radius 1 is 0.969 bits per heavy atom. The van der Waals surface area contributed by atoms with Gasteiger partial charge in [-0.1, -0.05) is 66.4 Å². The third-order valence-corrected chi connectivity index (χ3v) is 5.32. The van der Waals surface area contributed by atoms with Gasteiger partial charge in [0.05, 0.1) is 11.1 Å². The van der Waals surface area contributed by atoms with Crippen LogP contribution in [0.4, 0.5) is 9.18 Å². The van der Waals surface area contributed by atoms with E-state index in [1.807, 2.05) is 24.3 Å². The van der Waals surface area contributed by atoms with Gasteiger partial charge in [-0.15, -0.1) is 0 Å². The third-order valence-electron chi connectivity index (χ3n) is 5.32. The van der Waals surface area contributed by atoms with E-state index in [0.29, 0.717) is 0 Å². The van der Waals surface area contributed by atoms with Crippen molar-refractivity contribution in [3.8, 4) is 23.0 Å². The SMILES string of the molecule is O=C(NCCC#Cc1cccc(C(=O)O)c1F)OCC1c2ccccc2-c2ccccc21. The number of carbonyl (C=O) groups excluding carboxylic acids is 1. The van der Waals surface area contributed by atoms with Crippen molar-refractivity contribution in [2.75, 3.05) is 13.2 Å². The van der Waals surface area contributed by atoms with Crippen molar-refractivity contribution in [2.45, 2.75) is 12.3 Å². The molecule has 160 valence electrons. The minimum atomic E-state index is -1.34. The lowest BCUT2D eigenvalue weighted by Gasteiger charge is -2.14.